The highest BCUT2D eigenvalue weighted by Gasteiger charge is 2.40. The lowest BCUT2D eigenvalue weighted by Crippen LogP contribution is -2.55. The van der Waals surface area contributed by atoms with Crippen molar-refractivity contribution in [1.82, 2.24) is 4.90 Å². The van der Waals surface area contributed by atoms with Gasteiger partial charge in [-0.2, -0.15) is 0 Å². The molecule has 1 aromatic carbocycles. The first-order valence-corrected chi connectivity index (χ1v) is 8.64. The van der Waals surface area contributed by atoms with Gasteiger partial charge in [-0.15, -0.1) is 0 Å². The highest BCUT2D eigenvalue weighted by atomic mass is 16.5. The van der Waals surface area contributed by atoms with Crippen LogP contribution < -0.4 is 5.73 Å². The lowest BCUT2D eigenvalue weighted by atomic mass is 9.86. The maximum atomic E-state index is 12.9. The topological polar surface area (TPSA) is 92.9 Å². The van der Waals surface area contributed by atoms with Gasteiger partial charge in [-0.1, -0.05) is 30.3 Å². The molecule has 1 fully saturated rings. The van der Waals surface area contributed by atoms with Gasteiger partial charge in [0.1, 0.15) is 0 Å². The van der Waals surface area contributed by atoms with E-state index in [2.05, 4.69) is 0 Å². The van der Waals surface area contributed by atoms with Crippen LogP contribution in [0.25, 0.3) is 0 Å². The van der Waals surface area contributed by atoms with Crippen molar-refractivity contribution in [2.75, 3.05) is 19.7 Å². The number of primary amides is 1. The lowest BCUT2D eigenvalue weighted by molar-refractivity contribution is -0.152. The fourth-order valence-corrected chi connectivity index (χ4v) is 3.24. The van der Waals surface area contributed by atoms with Crippen LogP contribution in [0.4, 0.5) is 0 Å². The van der Waals surface area contributed by atoms with E-state index in [4.69, 9.17) is 10.5 Å². The van der Waals surface area contributed by atoms with Crippen molar-refractivity contribution in [2.45, 2.75) is 45.3 Å². The van der Waals surface area contributed by atoms with E-state index in [9.17, 15) is 14.7 Å². The van der Waals surface area contributed by atoms with E-state index >= 15 is 0 Å². The zero-order valence-electron chi connectivity index (χ0n) is 15.0. The van der Waals surface area contributed by atoms with E-state index in [1.165, 1.54) is 0 Å². The van der Waals surface area contributed by atoms with E-state index in [1.807, 2.05) is 44.2 Å². The first kappa shape index (κ1) is 19.4. The number of hydrogen-bond acceptors (Lipinski definition) is 4. The Balaban J connectivity index is 1.91. The van der Waals surface area contributed by atoms with Gasteiger partial charge >= 0.3 is 0 Å². The number of benzene rings is 1. The van der Waals surface area contributed by atoms with Crippen molar-refractivity contribution in [3.8, 4) is 0 Å². The summed E-state index contributed by atoms with van der Waals surface area (Å²) in [5.74, 6) is -0.634. The van der Waals surface area contributed by atoms with E-state index in [1.54, 1.807) is 4.90 Å². The number of amides is 2. The molecule has 1 aliphatic rings. The molecule has 1 aliphatic heterocycles. The SMILES string of the molecule is CC(C)(COCc1ccccc1)C(=O)N1CCCC(O)(CC(N)=O)C1. The number of hydrogen-bond donors (Lipinski definition) is 2. The summed E-state index contributed by atoms with van der Waals surface area (Å²) in [7, 11) is 0. The average molecular weight is 348 g/mol. The molecule has 6 heteroatoms. The summed E-state index contributed by atoms with van der Waals surface area (Å²) in [6.45, 7) is 5.11. The summed E-state index contributed by atoms with van der Waals surface area (Å²) in [5, 5.41) is 10.5. The smallest absolute Gasteiger partial charge is 0.230 e. The van der Waals surface area contributed by atoms with Crippen molar-refractivity contribution in [1.29, 1.82) is 0 Å². The molecule has 6 nitrogen and oxygen atoms in total. The maximum absolute atomic E-state index is 12.9. The third-order valence-electron chi connectivity index (χ3n) is 4.50. The second kappa shape index (κ2) is 7.97. The summed E-state index contributed by atoms with van der Waals surface area (Å²) in [4.78, 5) is 25.6. The predicted molar refractivity (Wildman–Crippen MR) is 94.5 cm³/mol. The molecule has 0 aliphatic carbocycles. The van der Waals surface area contributed by atoms with Crippen LogP contribution in [0.5, 0.6) is 0 Å². The lowest BCUT2D eigenvalue weighted by Gasteiger charge is -2.41. The van der Waals surface area contributed by atoms with Gasteiger partial charge in [-0.25, -0.2) is 0 Å². The number of rotatable bonds is 7. The fourth-order valence-electron chi connectivity index (χ4n) is 3.24. The molecular formula is C19H28N2O4. The third-order valence-corrected chi connectivity index (χ3v) is 4.50. The quantitative estimate of drug-likeness (QED) is 0.780. The van der Waals surface area contributed by atoms with Crippen LogP contribution in [0.15, 0.2) is 30.3 Å². The van der Waals surface area contributed by atoms with E-state index in [0.29, 0.717) is 26.0 Å². The number of piperidine rings is 1. The summed E-state index contributed by atoms with van der Waals surface area (Å²) >= 11 is 0. The molecule has 0 aromatic heterocycles. The van der Waals surface area contributed by atoms with Gasteiger partial charge < -0.3 is 20.5 Å². The Hall–Kier alpha value is -1.92. The van der Waals surface area contributed by atoms with E-state index in [-0.39, 0.29) is 25.5 Å². The summed E-state index contributed by atoms with van der Waals surface area (Å²) < 4.78 is 5.73. The number of carbonyl (C=O) groups is 2. The minimum Gasteiger partial charge on any atom is -0.388 e. The minimum atomic E-state index is -1.22. The van der Waals surface area contributed by atoms with Gasteiger partial charge in [-0.3, -0.25) is 9.59 Å². The van der Waals surface area contributed by atoms with Crippen molar-refractivity contribution in [3.63, 3.8) is 0 Å². The standard InChI is InChI=1S/C19H28N2O4/c1-18(2,14-25-12-15-7-4-3-5-8-15)17(23)21-10-6-9-19(24,13-21)11-16(20)22/h3-5,7-8,24H,6,9-14H2,1-2H3,(H2,20,22). The first-order valence-electron chi connectivity index (χ1n) is 8.64. The van der Waals surface area contributed by atoms with Crippen LogP contribution in [0.1, 0.15) is 38.7 Å². The molecule has 138 valence electrons. The molecule has 0 spiro atoms. The van der Waals surface area contributed by atoms with Crippen molar-refractivity contribution in [2.24, 2.45) is 11.1 Å². The average Bonchev–Trinajstić information content (AvgIpc) is 2.53. The molecule has 2 rings (SSSR count). The number of ether oxygens (including phenoxy) is 1. The molecule has 3 N–H and O–H groups in total. The largest absolute Gasteiger partial charge is 0.388 e. The number of aliphatic hydroxyl groups is 1. The second-order valence-corrected chi connectivity index (χ2v) is 7.56. The Morgan fingerprint density at radius 3 is 2.64 bits per heavy atom. The van der Waals surface area contributed by atoms with Crippen LogP contribution in [0, 0.1) is 5.41 Å². The van der Waals surface area contributed by atoms with Gasteiger partial charge in [0.15, 0.2) is 0 Å². The highest BCUT2D eigenvalue weighted by Crippen LogP contribution is 2.28. The molecule has 25 heavy (non-hydrogen) atoms. The van der Waals surface area contributed by atoms with Gasteiger partial charge in [-0.05, 0) is 32.3 Å². The van der Waals surface area contributed by atoms with Crippen LogP contribution in [-0.2, 0) is 20.9 Å². The molecule has 0 saturated carbocycles. The zero-order valence-corrected chi connectivity index (χ0v) is 15.0. The molecule has 0 radical (unpaired) electrons. The van der Waals surface area contributed by atoms with Gasteiger partial charge in [0.2, 0.25) is 11.8 Å². The molecule has 2 amide bonds. The normalized spacial score (nSPS) is 21.2. The summed E-state index contributed by atoms with van der Waals surface area (Å²) in [5.41, 5.74) is 4.34. The minimum absolute atomic E-state index is 0.0804. The zero-order chi connectivity index (χ0) is 18.5. The van der Waals surface area contributed by atoms with Crippen molar-refractivity contribution >= 4 is 11.8 Å². The van der Waals surface area contributed by atoms with Crippen LogP contribution in [0.2, 0.25) is 0 Å². The first-order chi connectivity index (χ1) is 11.7. The Kier molecular flexibility index (Phi) is 6.19. The van der Waals surface area contributed by atoms with Crippen molar-refractivity contribution < 1.29 is 19.4 Å². The number of nitrogens with two attached hydrogens (primary N) is 1. The molecule has 1 heterocycles. The van der Waals surface area contributed by atoms with E-state index in [0.717, 1.165) is 5.56 Å². The number of carbonyl (C=O) groups excluding carboxylic acids is 2. The molecule has 1 unspecified atom stereocenters. The second-order valence-electron chi connectivity index (χ2n) is 7.56. The third kappa shape index (κ3) is 5.54. The van der Waals surface area contributed by atoms with E-state index < -0.39 is 16.9 Å². The van der Waals surface area contributed by atoms with Crippen LogP contribution in [-0.4, -0.2) is 47.1 Å². The monoisotopic (exact) mass is 348 g/mol. The van der Waals surface area contributed by atoms with Gasteiger partial charge in [0.25, 0.3) is 0 Å². The fraction of sp³-hybridized carbons (Fsp3) is 0.579. The molecule has 0 bridgehead atoms. The highest BCUT2D eigenvalue weighted by molar-refractivity contribution is 5.82. The Morgan fingerprint density at radius 1 is 1.32 bits per heavy atom. The Morgan fingerprint density at radius 2 is 2.00 bits per heavy atom. The summed E-state index contributed by atoms with van der Waals surface area (Å²) in [6, 6.07) is 9.79. The van der Waals surface area contributed by atoms with Crippen LogP contribution >= 0.6 is 0 Å². The summed E-state index contributed by atoms with van der Waals surface area (Å²) in [6.07, 6.45) is 1.00. The van der Waals surface area contributed by atoms with Gasteiger partial charge in [0, 0.05) is 13.1 Å². The molecule has 1 aromatic rings. The molecule has 1 atom stereocenters. The van der Waals surface area contributed by atoms with Gasteiger partial charge in [0.05, 0.1) is 30.7 Å². The maximum Gasteiger partial charge on any atom is 0.230 e. The van der Waals surface area contributed by atoms with Crippen LogP contribution in [0.3, 0.4) is 0 Å². The van der Waals surface area contributed by atoms with Crippen molar-refractivity contribution in [3.05, 3.63) is 35.9 Å². The Bertz CT molecular complexity index is 603. The predicted octanol–water partition coefficient (Wildman–Crippen LogP) is 1.46. The molecular weight excluding hydrogens is 320 g/mol. The number of nitrogens with zero attached hydrogens (tertiary/aromatic N) is 1. The number of β-amino-alcohol motifs (C(OH)–C–C–N with tert-alkyl or cyclic N) is 1. The molecule has 1 saturated heterocycles. The Labute approximate surface area is 149 Å². The number of likely N-dealkylation sites (tertiary alicyclic amines) is 1.